The van der Waals surface area contributed by atoms with E-state index in [0.717, 1.165) is 0 Å². The molecule has 0 saturated carbocycles. The Hall–Kier alpha value is -1.24. The first-order valence-corrected chi connectivity index (χ1v) is 4.35. The van der Waals surface area contributed by atoms with Gasteiger partial charge in [-0.25, -0.2) is 0 Å². The van der Waals surface area contributed by atoms with Gasteiger partial charge in [-0.15, -0.1) is 0 Å². The van der Waals surface area contributed by atoms with Crippen LogP contribution in [0.25, 0.3) is 0 Å². The van der Waals surface area contributed by atoms with Gasteiger partial charge in [0.2, 0.25) is 0 Å². The minimum atomic E-state index is -1.65. The highest BCUT2D eigenvalue weighted by molar-refractivity contribution is 6.59. The first-order chi connectivity index (χ1) is 7.13. The van der Waals surface area contributed by atoms with Gasteiger partial charge < -0.3 is 24.6 Å². The first-order valence-electron chi connectivity index (χ1n) is 4.35. The van der Waals surface area contributed by atoms with Crippen LogP contribution >= 0.6 is 0 Å². The molecule has 5 nitrogen and oxygen atoms in total. The number of hydrogen-bond donors (Lipinski definition) is 3. The summed E-state index contributed by atoms with van der Waals surface area (Å²) in [5, 5.41) is 27.2. The minimum absolute atomic E-state index is 0.204. The van der Waals surface area contributed by atoms with Crippen LogP contribution in [0, 0.1) is 0 Å². The monoisotopic (exact) mass is 212 g/mol. The van der Waals surface area contributed by atoms with Crippen LogP contribution in [0.4, 0.5) is 0 Å². The number of rotatable bonds is 4. The van der Waals surface area contributed by atoms with E-state index in [1.54, 1.807) is 0 Å². The summed E-state index contributed by atoms with van der Waals surface area (Å²) in [6.07, 6.45) is 0. The van der Waals surface area contributed by atoms with Gasteiger partial charge in [-0.1, -0.05) is 0 Å². The summed E-state index contributed by atoms with van der Waals surface area (Å²) in [7, 11) is 1.27. The molecule has 0 aliphatic rings. The third-order valence-corrected chi connectivity index (χ3v) is 2.09. The zero-order chi connectivity index (χ0) is 11.4. The molecule has 0 atom stereocenters. The van der Waals surface area contributed by atoms with Crippen LogP contribution in [-0.2, 0) is 6.61 Å². The Bertz CT molecular complexity index is 340. The van der Waals surface area contributed by atoms with Gasteiger partial charge in [0.15, 0.2) is 11.5 Å². The van der Waals surface area contributed by atoms with Gasteiger partial charge in [0.25, 0.3) is 0 Å². The van der Waals surface area contributed by atoms with Crippen LogP contribution in [0.15, 0.2) is 12.1 Å². The van der Waals surface area contributed by atoms with E-state index < -0.39 is 7.12 Å². The van der Waals surface area contributed by atoms with Crippen LogP contribution < -0.4 is 14.9 Å². The molecular formula is C9H13BO5. The lowest BCUT2D eigenvalue weighted by Gasteiger charge is -2.13. The largest absolute Gasteiger partial charge is 0.493 e. The Balaban J connectivity index is 3.27. The standard InChI is InChI=1S/C9H13BO5/c1-14-8-3-6(5-11)7(10(12)13)4-9(8)15-2/h3-4,11-13H,5H2,1-2H3. The van der Waals surface area contributed by atoms with Crippen LogP contribution in [0.3, 0.4) is 0 Å². The van der Waals surface area contributed by atoms with Gasteiger partial charge in [-0.2, -0.15) is 0 Å². The second kappa shape index (κ2) is 5.02. The highest BCUT2D eigenvalue weighted by Crippen LogP contribution is 2.26. The quantitative estimate of drug-likeness (QED) is 0.550. The second-order valence-corrected chi connectivity index (χ2v) is 2.94. The summed E-state index contributed by atoms with van der Waals surface area (Å²) < 4.78 is 10.0. The lowest BCUT2D eigenvalue weighted by molar-refractivity contribution is 0.280. The van der Waals surface area contributed by atoms with Crippen LogP contribution in [0.1, 0.15) is 5.56 Å². The Kier molecular flexibility index (Phi) is 3.96. The Morgan fingerprint density at radius 3 is 2.07 bits per heavy atom. The summed E-state index contributed by atoms with van der Waals surface area (Å²) in [5.74, 6) is 0.823. The molecule has 15 heavy (non-hydrogen) atoms. The van der Waals surface area contributed by atoms with Crippen molar-refractivity contribution in [3.8, 4) is 11.5 Å². The number of ether oxygens (including phenoxy) is 2. The van der Waals surface area contributed by atoms with E-state index in [0.29, 0.717) is 17.1 Å². The fourth-order valence-electron chi connectivity index (χ4n) is 1.31. The molecule has 3 N–H and O–H groups in total. The normalized spacial score (nSPS) is 9.93. The number of hydrogen-bond acceptors (Lipinski definition) is 5. The van der Waals surface area contributed by atoms with Gasteiger partial charge >= 0.3 is 7.12 Å². The van der Waals surface area contributed by atoms with Crippen molar-refractivity contribution in [1.82, 2.24) is 0 Å². The summed E-state index contributed by atoms with van der Waals surface area (Å²) in [5.41, 5.74) is 0.595. The summed E-state index contributed by atoms with van der Waals surface area (Å²) in [6, 6.07) is 2.93. The van der Waals surface area contributed by atoms with E-state index in [4.69, 9.17) is 24.6 Å². The van der Waals surface area contributed by atoms with E-state index >= 15 is 0 Å². The van der Waals surface area contributed by atoms with Crippen molar-refractivity contribution in [2.24, 2.45) is 0 Å². The van der Waals surface area contributed by atoms with Crippen molar-refractivity contribution in [1.29, 1.82) is 0 Å². The summed E-state index contributed by atoms with van der Waals surface area (Å²) >= 11 is 0. The SMILES string of the molecule is COc1cc(CO)c(B(O)O)cc1OC. The number of aliphatic hydroxyl groups is 1. The Morgan fingerprint density at radius 2 is 1.67 bits per heavy atom. The molecule has 0 fully saturated rings. The van der Waals surface area contributed by atoms with E-state index in [1.165, 1.54) is 26.4 Å². The topological polar surface area (TPSA) is 79.2 Å². The third-order valence-electron chi connectivity index (χ3n) is 2.09. The van der Waals surface area contributed by atoms with Gasteiger partial charge in [0.1, 0.15) is 0 Å². The van der Waals surface area contributed by atoms with Gasteiger partial charge in [0, 0.05) is 0 Å². The molecule has 0 aromatic heterocycles. The van der Waals surface area contributed by atoms with Crippen molar-refractivity contribution in [3.05, 3.63) is 17.7 Å². The van der Waals surface area contributed by atoms with Gasteiger partial charge in [0.05, 0.1) is 20.8 Å². The molecule has 0 bridgehead atoms. The molecule has 0 aliphatic carbocycles. The molecule has 82 valence electrons. The highest BCUT2D eigenvalue weighted by atomic mass is 16.5. The van der Waals surface area contributed by atoms with E-state index in [2.05, 4.69) is 0 Å². The predicted molar refractivity (Wildman–Crippen MR) is 55.3 cm³/mol. The lowest BCUT2D eigenvalue weighted by Crippen LogP contribution is -2.33. The molecule has 1 aromatic carbocycles. The number of methoxy groups -OCH3 is 2. The zero-order valence-corrected chi connectivity index (χ0v) is 8.60. The molecule has 1 aromatic rings. The summed E-state index contributed by atoms with van der Waals surface area (Å²) in [6.45, 7) is -0.298. The molecular weight excluding hydrogens is 199 g/mol. The molecule has 0 saturated heterocycles. The van der Waals surface area contributed by atoms with Crippen molar-refractivity contribution >= 4 is 12.6 Å². The minimum Gasteiger partial charge on any atom is -0.493 e. The van der Waals surface area contributed by atoms with Crippen LogP contribution in [-0.4, -0.2) is 36.5 Å². The molecule has 0 heterocycles. The van der Waals surface area contributed by atoms with E-state index in [1.807, 2.05) is 0 Å². The second-order valence-electron chi connectivity index (χ2n) is 2.94. The lowest BCUT2D eigenvalue weighted by atomic mass is 9.77. The Morgan fingerprint density at radius 1 is 1.13 bits per heavy atom. The fourth-order valence-corrected chi connectivity index (χ4v) is 1.31. The van der Waals surface area contributed by atoms with Crippen LogP contribution in [0.5, 0.6) is 11.5 Å². The van der Waals surface area contributed by atoms with Gasteiger partial charge in [-0.05, 0) is 23.2 Å². The van der Waals surface area contributed by atoms with Crippen molar-refractivity contribution in [3.63, 3.8) is 0 Å². The molecule has 0 amide bonds. The molecule has 0 spiro atoms. The first kappa shape index (κ1) is 11.8. The molecule has 0 radical (unpaired) electrons. The highest BCUT2D eigenvalue weighted by Gasteiger charge is 2.19. The van der Waals surface area contributed by atoms with Crippen molar-refractivity contribution in [2.75, 3.05) is 14.2 Å². The Labute approximate surface area is 88.0 Å². The number of aliphatic hydroxyl groups excluding tert-OH is 1. The van der Waals surface area contributed by atoms with Crippen LogP contribution in [0.2, 0.25) is 0 Å². The molecule has 1 rings (SSSR count). The average molecular weight is 212 g/mol. The maximum absolute atomic E-state index is 9.07. The smallest absolute Gasteiger partial charge is 0.488 e. The van der Waals surface area contributed by atoms with E-state index in [9.17, 15) is 0 Å². The third kappa shape index (κ3) is 2.41. The fraction of sp³-hybridized carbons (Fsp3) is 0.333. The van der Waals surface area contributed by atoms with Crippen molar-refractivity contribution in [2.45, 2.75) is 6.61 Å². The van der Waals surface area contributed by atoms with E-state index in [-0.39, 0.29) is 12.1 Å². The average Bonchev–Trinajstić information content (AvgIpc) is 2.26. The summed E-state index contributed by atoms with van der Waals surface area (Å²) in [4.78, 5) is 0. The maximum Gasteiger partial charge on any atom is 0.488 e. The zero-order valence-electron chi connectivity index (χ0n) is 8.60. The molecule has 0 unspecified atom stereocenters. The molecule has 0 aliphatic heterocycles. The maximum atomic E-state index is 9.07. The van der Waals surface area contributed by atoms with Crippen molar-refractivity contribution < 1.29 is 24.6 Å². The number of benzene rings is 1. The van der Waals surface area contributed by atoms with Gasteiger partial charge in [-0.3, -0.25) is 0 Å². The predicted octanol–water partition coefficient (Wildman–Crippen LogP) is -1.12. The molecule has 6 heteroatoms.